The fourth-order valence-electron chi connectivity index (χ4n) is 6.90. The molecule has 5 saturated carbocycles. The Morgan fingerprint density at radius 3 is 2.12 bits per heavy atom. The van der Waals surface area contributed by atoms with Gasteiger partial charge in [0.05, 0.1) is 6.54 Å². The molecule has 5 fully saturated rings. The first-order valence-electron chi connectivity index (χ1n) is 13.0. The minimum atomic E-state index is -0.152. The molecule has 4 bridgehead atoms. The summed E-state index contributed by atoms with van der Waals surface area (Å²) >= 11 is 0. The molecule has 184 valence electrons. The number of hydrogen-bond acceptors (Lipinski definition) is 4. The minimum Gasteiger partial charge on any atom is -0.484 e. The number of carbonyl (C=O) groups excluding carboxylic acids is 3. The van der Waals surface area contributed by atoms with Crippen LogP contribution in [0.5, 0.6) is 5.75 Å². The molecule has 3 N–H and O–H groups in total. The van der Waals surface area contributed by atoms with E-state index in [0.717, 1.165) is 36.2 Å². The van der Waals surface area contributed by atoms with Crippen LogP contribution >= 0.6 is 0 Å². The van der Waals surface area contributed by atoms with E-state index in [1.807, 2.05) is 24.3 Å². The predicted molar refractivity (Wildman–Crippen MR) is 128 cm³/mol. The highest BCUT2D eigenvalue weighted by Gasteiger charge is 2.51. The number of amides is 3. The van der Waals surface area contributed by atoms with E-state index in [1.54, 1.807) is 0 Å². The summed E-state index contributed by atoms with van der Waals surface area (Å²) in [6.07, 6.45) is 11.1. The van der Waals surface area contributed by atoms with E-state index in [2.05, 4.69) is 16.0 Å². The average Bonchev–Trinajstić information content (AvgIpc) is 3.60. The lowest BCUT2D eigenvalue weighted by atomic mass is 9.49. The van der Waals surface area contributed by atoms with Crippen molar-refractivity contribution in [2.75, 3.05) is 19.7 Å². The zero-order valence-corrected chi connectivity index (χ0v) is 19.9. The van der Waals surface area contributed by atoms with Gasteiger partial charge in [0, 0.05) is 19.0 Å². The topological polar surface area (TPSA) is 96.5 Å². The van der Waals surface area contributed by atoms with Crippen molar-refractivity contribution in [3.8, 4) is 5.75 Å². The summed E-state index contributed by atoms with van der Waals surface area (Å²) in [5, 5.41) is 8.63. The third kappa shape index (κ3) is 6.10. The molecule has 5 aliphatic carbocycles. The molecule has 3 amide bonds. The molecule has 0 radical (unpaired) electrons. The quantitative estimate of drug-likeness (QED) is 0.466. The number of carbonyl (C=O) groups is 3. The Hall–Kier alpha value is -2.57. The van der Waals surface area contributed by atoms with E-state index in [-0.39, 0.29) is 36.3 Å². The molecule has 0 saturated heterocycles. The van der Waals surface area contributed by atoms with Gasteiger partial charge in [-0.2, -0.15) is 0 Å². The Bertz CT molecular complexity index is 874. The standard InChI is InChI=1S/C27H37N3O4/c31-24(15-27-12-19-9-20(13-27)11-21(10-19)14-27)29-16-25(32)28-8-7-18-1-5-23(6-2-18)34-17-26(33)30-22-3-4-22/h1-2,5-6,19-22H,3-4,7-17H2,(H,28,32)(H,29,31)(H,30,33). The summed E-state index contributed by atoms with van der Waals surface area (Å²) in [5.41, 5.74) is 1.27. The minimum absolute atomic E-state index is 0.0264. The fraction of sp³-hybridized carbons (Fsp3) is 0.667. The fourth-order valence-corrected chi connectivity index (χ4v) is 6.90. The lowest BCUT2D eigenvalue weighted by Gasteiger charge is -2.56. The second-order valence-corrected chi connectivity index (χ2v) is 11.2. The van der Waals surface area contributed by atoms with Gasteiger partial charge in [0.1, 0.15) is 5.75 Å². The van der Waals surface area contributed by atoms with Crippen molar-refractivity contribution in [1.82, 2.24) is 16.0 Å². The molecule has 34 heavy (non-hydrogen) atoms. The number of benzene rings is 1. The van der Waals surface area contributed by atoms with E-state index in [0.29, 0.717) is 31.2 Å². The number of hydrogen-bond donors (Lipinski definition) is 3. The van der Waals surface area contributed by atoms with Crippen molar-refractivity contribution >= 4 is 17.7 Å². The first-order chi connectivity index (χ1) is 16.4. The second-order valence-electron chi connectivity index (χ2n) is 11.2. The second kappa shape index (κ2) is 9.96. The first kappa shape index (κ1) is 23.2. The Labute approximate surface area is 201 Å². The van der Waals surface area contributed by atoms with Crippen LogP contribution in [0.3, 0.4) is 0 Å². The Balaban J connectivity index is 0.963. The molecular weight excluding hydrogens is 430 g/mol. The molecule has 1 aromatic carbocycles. The molecule has 7 heteroatoms. The Kier molecular flexibility index (Phi) is 6.79. The smallest absolute Gasteiger partial charge is 0.258 e. The summed E-state index contributed by atoms with van der Waals surface area (Å²) in [6, 6.07) is 7.89. The average molecular weight is 468 g/mol. The highest BCUT2D eigenvalue weighted by Crippen LogP contribution is 2.61. The van der Waals surface area contributed by atoms with Crippen LogP contribution in [-0.2, 0) is 20.8 Å². The maximum Gasteiger partial charge on any atom is 0.258 e. The van der Waals surface area contributed by atoms with Crippen molar-refractivity contribution in [3.05, 3.63) is 29.8 Å². The van der Waals surface area contributed by atoms with E-state index in [1.165, 1.54) is 38.5 Å². The van der Waals surface area contributed by atoms with Gasteiger partial charge in [0.15, 0.2) is 6.61 Å². The van der Waals surface area contributed by atoms with Gasteiger partial charge in [-0.25, -0.2) is 0 Å². The van der Waals surface area contributed by atoms with Gasteiger partial charge < -0.3 is 20.7 Å². The van der Waals surface area contributed by atoms with Crippen LogP contribution in [-0.4, -0.2) is 43.5 Å². The number of rotatable bonds is 11. The van der Waals surface area contributed by atoms with Crippen LogP contribution in [0.4, 0.5) is 0 Å². The number of nitrogens with one attached hydrogen (secondary N) is 3. The van der Waals surface area contributed by atoms with E-state index < -0.39 is 0 Å². The molecular formula is C27H37N3O4. The predicted octanol–water partition coefficient (Wildman–Crippen LogP) is 2.73. The van der Waals surface area contributed by atoms with Crippen LogP contribution in [0, 0.1) is 23.2 Å². The summed E-state index contributed by atoms with van der Waals surface area (Å²) < 4.78 is 5.51. The zero-order chi connectivity index (χ0) is 23.5. The van der Waals surface area contributed by atoms with Crippen LogP contribution in [0.1, 0.15) is 63.4 Å². The first-order valence-corrected chi connectivity index (χ1v) is 13.0. The van der Waals surface area contributed by atoms with Gasteiger partial charge in [-0.1, -0.05) is 12.1 Å². The summed E-state index contributed by atoms with van der Waals surface area (Å²) in [7, 11) is 0. The Morgan fingerprint density at radius 1 is 0.853 bits per heavy atom. The van der Waals surface area contributed by atoms with Gasteiger partial charge in [0.25, 0.3) is 5.91 Å². The van der Waals surface area contributed by atoms with E-state index >= 15 is 0 Å². The zero-order valence-electron chi connectivity index (χ0n) is 19.9. The molecule has 0 aromatic heterocycles. The van der Waals surface area contributed by atoms with Crippen LogP contribution in [0.25, 0.3) is 0 Å². The maximum absolute atomic E-state index is 12.6. The summed E-state index contributed by atoms with van der Waals surface area (Å²) in [6.45, 7) is 0.578. The van der Waals surface area contributed by atoms with Crippen molar-refractivity contribution < 1.29 is 19.1 Å². The highest BCUT2D eigenvalue weighted by atomic mass is 16.5. The molecule has 6 rings (SSSR count). The van der Waals surface area contributed by atoms with Crippen LogP contribution < -0.4 is 20.7 Å². The third-order valence-corrected chi connectivity index (χ3v) is 8.12. The third-order valence-electron chi connectivity index (χ3n) is 8.12. The summed E-state index contributed by atoms with van der Waals surface area (Å²) in [4.78, 5) is 36.5. The van der Waals surface area contributed by atoms with Crippen LogP contribution in [0.2, 0.25) is 0 Å². The lowest BCUT2D eigenvalue weighted by molar-refractivity contribution is -0.131. The summed E-state index contributed by atoms with van der Waals surface area (Å²) in [5.74, 6) is 2.93. The monoisotopic (exact) mass is 467 g/mol. The van der Waals surface area contributed by atoms with Crippen molar-refractivity contribution in [3.63, 3.8) is 0 Å². The van der Waals surface area contributed by atoms with Crippen molar-refractivity contribution in [2.24, 2.45) is 23.2 Å². The lowest BCUT2D eigenvalue weighted by Crippen LogP contribution is -2.48. The van der Waals surface area contributed by atoms with Gasteiger partial charge >= 0.3 is 0 Å². The van der Waals surface area contributed by atoms with Crippen molar-refractivity contribution in [2.45, 2.75) is 70.3 Å². The molecule has 0 unspecified atom stereocenters. The van der Waals surface area contributed by atoms with Gasteiger partial charge in [-0.15, -0.1) is 0 Å². The normalized spacial score (nSPS) is 28.9. The molecule has 0 atom stereocenters. The van der Waals surface area contributed by atoms with Gasteiger partial charge in [-0.3, -0.25) is 14.4 Å². The molecule has 0 heterocycles. The number of ether oxygens (including phenoxy) is 1. The molecule has 0 aliphatic heterocycles. The molecule has 1 aromatic rings. The van der Waals surface area contributed by atoms with Gasteiger partial charge in [0.2, 0.25) is 11.8 Å². The molecule has 7 nitrogen and oxygen atoms in total. The maximum atomic E-state index is 12.6. The van der Waals surface area contributed by atoms with Crippen LogP contribution in [0.15, 0.2) is 24.3 Å². The van der Waals surface area contributed by atoms with Gasteiger partial charge in [-0.05, 0) is 98.7 Å². The van der Waals surface area contributed by atoms with Crippen molar-refractivity contribution in [1.29, 1.82) is 0 Å². The molecule has 5 aliphatic rings. The largest absolute Gasteiger partial charge is 0.484 e. The van der Waals surface area contributed by atoms with E-state index in [9.17, 15) is 14.4 Å². The molecule has 0 spiro atoms. The highest BCUT2D eigenvalue weighted by molar-refractivity contribution is 5.85. The Morgan fingerprint density at radius 2 is 1.50 bits per heavy atom. The SMILES string of the molecule is O=C(CNC(=O)CC12CC3CC(CC(C3)C1)C2)NCCc1ccc(OCC(=O)NC2CC2)cc1. The van der Waals surface area contributed by atoms with E-state index in [4.69, 9.17) is 4.74 Å².